The fourth-order valence-electron chi connectivity index (χ4n) is 1.69. The maximum Gasteiger partial charge on any atom is 0.126 e. The second-order valence-corrected chi connectivity index (χ2v) is 3.99. The first kappa shape index (κ1) is 12.2. The van der Waals surface area contributed by atoms with E-state index in [9.17, 15) is 4.39 Å². The van der Waals surface area contributed by atoms with Crippen LogP contribution in [0.4, 0.5) is 4.39 Å². The molecule has 1 aromatic carbocycles. The van der Waals surface area contributed by atoms with E-state index in [0.717, 1.165) is 18.5 Å². The van der Waals surface area contributed by atoms with Crippen molar-refractivity contribution in [2.75, 3.05) is 6.54 Å². The van der Waals surface area contributed by atoms with Gasteiger partial charge >= 0.3 is 0 Å². The lowest BCUT2D eigenvalue weighted by atomic mass is 10.1. The van der Waals surface area contributed by atoms with Gasteiger partial charge in [0.2, 0.25) is 0 Å². The standard InChI is InChI=1S/C13H20FN/c1-3-6-11(2)15-10-9-12-7-4-5-8-13(12)14/h4-5,7-8,11,15H,3,6,9-10H2,1-2H3/t11-/m1/s1. The van der Waals surface area contributed by atoms with Crippen LogP contribution in [0.3, 0.4) is 0 Å². The molecule has 84 valence electrons. The van der Waals surface area contributed by atoms with E-state index in [0.29, 0.717) is 6.04 Å². The van der Waals surface area contributed by atoms with Crippen molar-refractivity contribution >= 4 is 0 Å². The third-order valence-corrected chi connectivity index (χ3v) is 2.57. The van der Waals surface area contributed by atoms with Crippen molar-refractivity contribution in [3.63, 3.8) is 0 Å². The van der Waals surface area contributed by atoms with Crippen molar-refractivity contribution in [1.29, 1.82) is 0 Å². The highest BCUT2D eigenvalue weighted by molar-refractivity contribution is 5.17. The Balaban J connectivity index is 2.29. The zero-order valence-corrected chi connectivity index (χ0v) is 9.59. The van der Waals surface area contributed by atoms with Gasteiger partial charge in [-0.3, -0.25) is 0 Å². The Morgan fingerprint density at radius 2 is 2.07 bits per heavy atom. The Morgan fingerprint density at radius 1 is 1.33 bits per heavy atom. The van der Waals surface area contributed by atoms with Gasteiger partial charge in [0.25, 0.3) is 0 Å². The minimum atomic E-state index is -0.0950. The van der Waals surface area contributed by atoms with Crippen molar-refractivity contribution < 1.29 is 4.39 Å². The van der Waals surface area contributed by atoms with Crippen LogP contribution in [-0.4, -0.2) is 12.6 Å². The average Bonchev–Trinajstić information content (AvgIpc) is 2.21. The highest BCUT2D eigenvalue weighted by atomic mass is 19.1. The van der Waals surface area contributed by atoms with E-state index >= 15 is 0 Å². The van der Waals surface area contributed by atoms with Gasteiger partial charge in [-0.05, 0) is 37.9 Å². The number of halogens is 1. The number of hydrogen-bond acceptors (Lipinski definition) is 1. The number of rotatable bonds is 6. The molecule has 0 saturated carbocycles. The molecular formula is C13H20FN. The largest absolute Gasteiger partial charge is 0.314 e. The summed E-state index contributed by atoms with van der Waals surface area (Å²) in [6.45, 7) is 5.20. The lowest BCUT2D eigenvalue weighted by Gasteiger charge is -2.12. The Hall–Kier alpha value is -0.890. The summed E-state index contributed by atoms with van der Waals surface area (Å²) in [6.07, 6.45) is 3.13. The van der Waals surface area contributed by atoms with Crippen molar-refractivity contribution in [3.05, 3.63) is 35.6 Å². The molecule has 0 bridgehead atoms. The number of nitrogens with one attached hydrogen (secondary N) is 1. The first-order chi connectivity index (χ1) is 7.24. The predicted molar refractivity (Wildman–Crippen MR) is 62.5 cm³/mol. The van der Waals surface area contributed by atoms with Crippen molar-refractivity contribution in [2.24, 2.45) is 0 Å². The van der Waals surface area contributed by atoms with Gasteiger partial charge < -0.3 is 5.32 Å². The van der Waals surface area contributed by atoms with Gasteiger partial charge in [-0.15, -0.1) is 0 Å². The van der Waals surface area contributed by atoms with Gasteiger partial charge in [-0.25, -0.2) is 4.39 Å². The van der Waals surface area contributed by atoms with Gasteiger partial charge in [0.1, 0.15) is 5.82 Å². The number of hydrogen-bond donors (Lipinski definition) is 1. The van der Waals surface area contributed by atoms with Crippen LogP contribution >= 0.6 is 0 Å². The van der Waals surface area contributed by atoms with Crippen LogP contribution in [0.25, 0.3) is 0 Å². The highest BCUT2D eigenvalue weighted by Gasteiger charge is 2.02. The van der Waals surface area contributed by atoms with Gasteiger partial charge in [0, 0.05) is 6.04 Å². The second-order valence-electron chi connectivity index (χ2n) is 3.99. The van der Waals surface area contributed by atoms with Crippen LogP contribution in [0.1, 0.15) is 32.3 Å². The molecule has 1 aromatic rings. The molecule has 15 heavy (non-hydrogen) atoms. The molecule has 1 rings (SSSR count). The van der Waals surface area contributed by atoms with E-state index in [1.54, 1.807) is 6.07 Å². The third-order valence-electron chi connectivity index (χ3n) is 2.57. The molecule has 0 aliphatic heterocycles. The van der Waals surface area contributed by atoms with E-state index in [4.69, 9.17) is 0 Å². The zero-order chi connectivity index (χ0) is 11.1. The topological polar surface area (TPSA) is 12.0 Å². The highest BCUT2D eigenvalue weighted by Crippen LogP contribution is 2.06. The molecule has 0 amide bonds. The van der Waals surface area contributed by atoms with Crippen molar-refractivity contribution in [2.45, 2.75) is 39.2 Å². The summed E-state index contributed by atoms with van der Waals surface area (Å²) in [5, 5.41) is 3.39. The average molecular weight is 209 g/mol. The van der Waals surface area contributed by atoms with Crippen molar-refractivity contribution in [3.8, 4) is 0 Å². The van der Waals surface area contributed by atoms with Crippen LogP contribution in [0, 0.1) is 5.82 Å². The monoisotopic (exact) mass is 209 g/mol. The molecule has 0 unspecified atom stereocenters. The molecule has 0 radical (unpaired) electrons. The minimum absolute atomic E-state index is 0.0950. The molecule has 0 heterocycles. The minimum Gasteiger partial charge on any atom is -0.314 e. The molecule has 0 spiro atoms. The van der Waals surface area contributed by atoms with Crippen LogP contribution in [0.15, 0.2) is 24.3 Å². The molecular weight excluding hydrogens is 189 g/mol. The molecule has 0 aliphatic carbocycles. The molecule has 1 atom stereocenters. The fourth-order valence-corrected chi connectivity index (χ4v) is 1.69. The Labute approximate surface area is 91.7 Å². The normalized spacial score (nSPS) is 12.7. The molecule has 1 N–H and O–H groups in total. The zero-order valence-electron chi connectivity index (χ0n) is 9.59. The van der Waals surface area contributed by atoms with Crippen molar-refractivity contribution in [1.82, 2.24) is 5.32 Å². The second kappa shape index (κ2) is 6.57. The summed E-state index contributed by atoms with van der Waals surface area (Å²) in [6, 6.07) is 7.51. The first-order valence-electron chi connectivity index (χ1n) is 5.70. The molecule has 0 saturated heterocycles. The summed E-state index contributed by atoms with van der Waals surface area (Å²) in [5.74, 6) is -0.0950. The predicted octanol–water partition coefficient (Wildman–Crippen LogP) is 3.15. The Morgan fingerprint density at radius 3 is 2.73 bits per heavy atom. The van der Waals surface area contributed by atoms with Gasteiger partial charge in [-0.2, -0.15) is 0 Å². The van der Waals surface area contributed by atoms with E-state index in [-0.39, 0.29) is 5.82 Å². The van der Waals surface area contributed by atoms with Crippen LogP contribution in [-0.2, 0) is 6.42 Å². The fraction of sp³-hybridized carbons (Fsp3) is 0.538. The van der Waals surface area contributed by atoms with Crippen LogP contribution < -0.4 is 5.32 Å². The van der Waals surface area contributed by atoms with E-state index in [2.05, 4.69) is 19.2 Å². The molecule has 2 heteroatoms. The van der Waals surface area contributed by atoms with Gasteiger partial charge in [-0.1, -0.05) is 31.5 Å². The number of benzene rings is 1. The smallest absolute Gasteiger partial charge is 0.126 e. The summed E-state index contributed by atoms with van der Waals surface area (Å²) in [4.78, 5) is 0. The van der Waals surface area contributed by atoms with E-state index in [1.165, 1.54) is 18.9 Å². The Kier molecular flexibility index (Phi) is 5.33. The van der Waals surface area contributed by atoms with E-state index < -0.39 is 0 Å². The van der Waals surface area contributed by atoms with Crippen LogP contribution in [0.2, 0.25) is 0 Å². The van der Waals surface area contributed by atoms with Crippen LogP contribution in [0.5, 0.6) is 0 Å². The van der Waals surface area contributed by atoms with Gasteiger partial charge in [0.15, 0.2) is 0 Å². The summed E-state index contributed by atoms with van der Waals surface area (Å²) in [5.41, 5.74) is 0.800. The van der Waals surface area contributed by atoms with E-state index in [1.807, 2.05) is 12.1 Å². The third kappa shape index (κ3) is 4.43. The summed E-state index contributed by atoms with van der Waals surface area (Å²) < 4.78 is 13.2. The maximum atomic E-state index is 13.2. The quantitative estimate of drug-likeness (QED) is 0.759. The lowest BCUT2D eigenvalue weighted by Crippen LogP contribution is -2.27. The maximum absolute atomic E-state index is 13.2. The molecule has 0 aliphatic rings. The van der Waals surface area contributed by atoms with Gasteiger partial charge in [0.05, 0.1) is 0 Å². The SMILES string of the molecule is CCC[C@@H](C)NCCc1ccccc1F. The molecule has 0 fully saturated rings. The molecule has 0 aromatic heterocycles. The summed E-state index contributed by atoms with van der Waals surface area (Å²) in [7, 11) is 0. The summed E-state index contributed by atoms with van der Waals surface area (Å²) >= 11 is 0. The Bertz CT molecular complexity index is 286. The lowest BCUT2D eigenvalue weighted by molar-refractivity contribution is 0.507. The molecule has 1 nitrogen and oxygen atoms in total. The first-order valence-corrected chi connectivity index (χ1v) is 5.70.